The number of fused-ring (bicyclic) bond motifs is 1. The van der Waals surface area contributed by atoms with Gasteiger partial charge in [0, 0.05) is 4.90 Å². The Balaban J connectivity index is 1.66. The highest BCUT2D eigenvalue weighted by atomic mass is 35.5. The van der Waals surface area contributed by atoms with E-state index in [-0.39, 0.29) is 11.7 Å². The van der Waals surface area contributed by atoms with E-state index in [0.29, 0.717) is 16.3 Å². The van der Waals surface area contributed by atoms with Crippen molar-refractivity contribution in [2.75, 3.05) is 18.2 Å². The van der Waals surface area contributed by atoms with E-state index < -0.39 is 5.97 Å². The van der Waals surface area contributed by atoms with Crippen LogP contribution in [0.3, 0.4) is 0 Å². The highest BCUT2D eigenvalue weighted by Crippen LogP contribution is 2.26. The zero-order valence-corrected chi connectivity index (χ0v) is 15.6. The molecule has 132 valence electrons. The molecule has 3 aromatic rings. The molecule has 0 saturated carbocycles. The largest absolute Gasteiger partial charge is 0.465 e. The number of rotatable bonds is 5. The molecule has 0 bridgehead atoms. The van der Waals surface area contributed by atoms with Crippen molar-refractivity contribution in [2.45, 2.75) is 4.90 Å². The fourth-order valence-corrected chi connectivity index (χ4v) is 3.37. The van der Waals surface area contributed by atoms with Crippen molar-refractivity contribution in [1.82, 2.24) is 0 Å². The molecule has 0 aliphatic carbocycles. The molecule has 0 aliphatic heterocycles. The Bertz CT molecular complexity index is 974. The van der Waals surface area contributed by atoms with Gasteiger partial charge in [-0.15, -0.1) is 11.8 Å². The third kappa shape index (κ3) is 4.36. The van der Waals surface area contributed by atoms with Crippen molar-refractivity contribution >= 4 is 51.7 Å². The summed E-state index contributed by atoms with van der Waals surface area (Å²) in [7, 11) is 1.30. The van der Waals surface area contributed by atoms with E-state index in [1.807, 2.05) is 36.4 Å². The number of anilines is 1. The third-order valence-electron chi connectivity index (χ3n) is 3.75. The minimum absolute atomic E-state index is 0.202. The quantitative estimate of drug-likeness (QED) is 0.495. The van der Waals surface area contributed by atoms with Crippen molar-refractivity contribution in [3.8, 4) is 0 Å². The summed E-state index contributed by atoms with van der Waals surface area (Å²) in [4.78, 5) is 24.9. The highest BCUT2D eigenvalue weighted by Gasteiger charge is 2.11. The summed E-state index contributed by atoms with van der Waals surface area (Å²) < 4.78 is 4.68. The average Bonchev–Trinajstić information content (AvgIpc) is 2.67. The maximum Gasteiger partial charge on any atom is 0.337 e. The Labute approximate surface area is 160 Å². The molecule has 26 heavy (non-hydrogen) atoms. The van der Waals surface area contributed by atoms with E-state index in [0.717, 1.165) is 15.7 Å². The molecule has 4 nitrogen and oxygen atoms in total. The van der Waals surface area contributed by atoms with Crippen molar-refractivity contribution in [3.05, 3.63) is 71.2 Å². The number of halogens is 1. The van der Waals surface area contributed by atoms with Crippen LogP contribution in [0.4, 0.5) is 5.69 Å². The van der Waals surface area contributed by atoms with Gasteiger partial charge in [-0.1, -0.05) is 41.9 Å². The van der Waals surface area contributed by atoms with E-state index >= 15 is 0 Å². The van der Waals surface area contributed by atoms with Gasteiger partial charge in [0.05, 0.1) is 29.1 Å². The zero-order valence-electron chi connectivity index (χ0n) is 14.0. The molecular weight excluding hydrogens is 370 g/mol. The fraction of sp³-hybridized carbons (Fsp3) is 0.100. The number of hydrogen-bond donors (Lipinski definition) is 1. The third-order valence-corrected chi connectivity index (χ3v) is 5.08. The standard InChI is InChI=1S/C20H16ClNO3S/c1-25-20(24)15-7-9-17(21)18(11-15)22-19(23)12-26-16-8-6-13-4-2-3-5-14(13)10-16/h2-11H,12H2,1H3,(H,22,23). The minimum atomic E-state index is -0.484. The second-order valence-electron chi connectivity index (χ2n) is 5.53. The normalized spacial score (nSPS) is 10.5. The van der Waals surface area contributed by atoms with Gasteiger partial charge in [-0.25, -0.2) is 4.79 Å². The van der Waals surface area contributed by atoms with Gasteiger partial charge in [0.25, 0.3) is 0 Å². The first kappa shape index (κ1) is 18.3. The van der Waals surface area contributed by atoms with Gasteiger partial charge in [0.1, 0.15) is 0 Å². The van der Waals surface area contributed by atoms with Crippen LogP contribution in [0, 0.1) is 0 Å². The lowest BCUT2D eigenvalue weighted by atomic mass is 10.1. The van der Waals surface area contributed by atoms with Crippen molar-refractivity contribution < 1.29 is 14.3 Å². The summed E-state index contributed by atoms with van der Waals surface area (Å²) in [5.41, 5.74) is 0.716. The van der Waals surface area contributed by atoms with E-state index in [1.54, 1.807) is 12.1 Å². The first-order valence-electron chi connectivity index (χ1n) is 7.86. The van der Waals surface area contributed by atoms with E-state index in [1.165, 1.54) is 24.9 Å². The van der Waals surface area contributed by atoms with Crippen LogP contribution in [0.15, 0.2) is 65.6 Å². The number of hydrogen-bond acceptors (Lipinski definition) is 4. The molecule has 0 radical (unpaired) electrons. The first-order chi connectivity index (χ1) is 12.6. The predicted octanol–water partition coefficient (Wildman–Crippen LogP) is 5.01. The lowest BCUT2D eigenvalue weighted by Gasteiger charge is -2.09. The summed E-state index contributed by atoms with van der Waals surface area (Å²) in [5, 5.41) is 5.39. The Morgan fingerprint density at radius 1 is 1.04 bits per heavy atom. The van der Waals surface area contributed by atoms with Gasteiger partial charge >= 0.3 is 5.97 Å². The van der Waals surface area contributed by atoms with Crippen LogP contribution in [0.25, 0.3) is 10.8 Å². The van der Waals surface area contributed by atoms with Gasteiger partial charge in [0.15, 0.2) is 0 Å². The number of nitrogens with one attached hydrogen (secondary N) is 1. The van der Waals surface area contributed by atoms with Crippen molar-refractivity contribution in [1.29, 1.82) is 0 Å². The predicted molar refractivity (Wildman–Crippen MR) is 106 cm³/mol. The van der Waals surface area contributed by atoms with Gasteiger partial charge in [-0.05, 0) is 41.1 Å². The van der Waals surface area contributed by atoms with Crippen LogP contribution in [-0.4, -0.2) is 24.7 Å². The number of esters is 1. The second kappa shape index (κ2) is 8.25. The summed E-state index contributed by atoms with van der Waals surface area (Å²) >= 11 is 7.53. The molecule has 0 atom stereocenters. The lowest BCUT2D eigenvalue weighted by molar-refractivity contribution is -0.113. The summed E-state index contributed by atoms with van der Waals surface area (Å²) in [6.07, 6.45) is 0. The Kier molecular flexibility index (Phi) is 5.81. The lowest BCUT2D eigenvalue weighted by Crippen LogP contribution is -2.15. The molecule has 1 N–H and O–H groups in total. The number of amides is 1. The van der Waals surface area contributed by atoms with Gasteiger partial charge in [-0.2, -0.15) is 0 Å². The van der Waals surface area contributed by atoms with Crippen molar-refractivity contribution in [2.24, 2.45) is 0 Å². The number of methoxy groups -OCH3 is 1. The van der Waals surface area contributed by atoms with Crippen LogP contribution in [0.2, 0.25) is 5.02 Å². The van der Waals surface area contributed by atoms with E-state index in [2.05, 4.69) is 16.1 Å². The molecule has 1 amide bonds. The molecule has 6 heteroatoms. The first-order valence-corrected chi connectivity index (χ1v) is 9.22. The number of thioether (sulfide) groups is 1. The minimum Gasteiger partial charge on any atom is -0.465 e. The van der Waals surface area contributed by atoms with Gasteiger partial charge in [0.2, 0.25) is 5.91 Å². The Morgan fingerprint density at radius 3 is 2.58 bits per heavy atom. The maximum absolute atomic E-state index is 12.2. The van der Waals surface area contributed by atoms with Gasteiger partial charge in [-0.3, -0.25) is 4.79 Å². The molecule has 0 saturated heterocycles. The molecule has 3 aromatic carbocycles. The Morgan fingerprint density at radius 2 is 1.81 bits per heavy atom. The number of ether oxygens (including phenoxy) is 1. The molecule has 0 fully saturated rings. The summed E-state index contributed by atoms with van der Waals surface area (Å²) in [5.74, 6) is -0.452. The number of carbonyl (C=O) groups excluding carboxylic acids is 2. The van der Waals surface area contributed by atoms with Crippen LogP contribution >= 0.6 is 23.4 Å². The molecule has 0 heterocycles. The smallest absolute Gasteiger partial charge is 0.337 e. The van der Waals surface area contributed by atoms with Crippen LogP contribution in [0.5, 0.6) is 0 Å². The molecule has 0 aliphatic rings. The summed E-state index contributed by atoms with van der Waals surface area (Å²) in [6.45, 7) is 0. The van der Waals surface area contributed by atoms with E-state index in [4.69, 9.17) is 11.6 Å². The number of carbonyl (C=O) groups is 2. The highest BCUT2D eigenvalue weighted by molar-refractivity contribution is 8.00. The van der Waals surface area contributed by atoms with E-state index in [9.17, 15) is 9.59 Å². The second-order valence-corrected chi connectivity index (χ2v) is 6.99. The molecule has 0 aromatic heterocycles. The zero-order chi connectivity index (χ0) is 18.5. The molecule has 3 rings (SSSR count). The average molecular weight is 386 g/mol. The SMILES string of the molecule is COC(=O)c1ccc(Cl)c(NC(=O)CSc2ccc3ccccc3c2)c1. The fourth-order valence-electron chi connectivity index (χ4n) is 2.46. The molecule has 0 unspecified atom stereocenters. The summed E-state index contributed by atoms with van der Waals surface area (Å²) in [6, 6.07) is 18.8. The van der Waals surface area contributed by atoms with Gasteiger partial charge < -0.3 is 10.1 Å². The van der Waals surface area contributed by atoms with Crippen LogP contribution < -0.4 is 5.32 Å². The molecule has 0 spiro atoms. The molecular formula is C20H16ClNO3S. The van der Waals surface area contributed by atoms with Crippen molar-refractivity contribution in [3.63, 3.8) is 0 Å². The number of benzene rings is 3. The van der Waals surface area contributed by atoms with Crippen LogP contribution in [0.1, 0.15) is 10.4 Å². The topological polar surface area (TPSA) is 55.4 Å². The van der Waals surface area contributed by atoms with Crippen LogP contribution in [-0.2, 0) is 9.53 Å². The Hall–Kier alpha value is -2.50. The maximum atomic E-state index is 12.2. The monoisotopic (exact) mass is 385 g/mol.